The van der Waals surface area contributed by atoms with E-state index >= 15 is 0 Å². The predicted octanol–water partition coefficient (Wildman–Crippen LogP) is 3.79. The van der Waals surface area contributed by atoms with Gasteiger partial charge >= 0.3 is 0 Å². The molecule has 3 heteroatoms. The van der Waals surface area contributed by atoms with Gasteiger partial charge in [0.25, 0.3) is 0 Å². The van der Waals surface area contributed by atoms with E-state index in [1.165, 1.54) is 10.4 Å². The highest BCUT2D eigenvalue weighted by atomic mass is 32.1. The zero-order chi connectivity index (χ0) is 12.6. The van der Waals surface area contributed by atoms with Crippen LogP contribution in [0.3, 0.4) is 0 Å². The van der Waals surface area contributed by atoms with E-state index in [-0.39, 0.29) is 5.78 Å². The SMILES string of the molecule is CCc1ccc(C(=O)c2[nH]c(C)c(C)c2C)s1. The molecule has 0 fully saturated rings. The maximum Gasteiger partial charge on any atom is 0.219 e. The Morgan fingerprint density at radius 1 is 1.24 bits per heavy atom. The molecule has 17 heavy (non-hydrogen) atoms. The van der Waals surface area contributed by atoms with Crippen molar-refractivity contribution in [1.29, 1.82) is 0 Å². The minimum Gasteiger partial charge on any atom is -0.355 e. The van der Waals surface area contributed by atoms with Gasteiger partial charge in [-0.3, -0.25) is 4.79 Å². The molecule has 0 spiro atoms. The first-order valence-corrected chi connectivity index (χ1v) is 6.65. The van der Waals surface area contributed by atoms with E-state index < -0.39 is 0 Å². The lowest BCUT2D eigenvalue weighted by Crippen LogP contribution is -2.01. The van der Waals surface area contributed by atoms with Crippen LogP contribution in [0.4, 0.5) is 0 Å². The monoisotopic (exact) mass is 247 g/mol. The Kier molecular flexibility index (Phi) is 3.20. The van der Waals surface area contributed by atoms with Crippen molar-refractivity contribution in [1.82, 2.24) is 4.98 Å². The summed E-state index contributed by atoms with van der Waals surface area (Å²) in [7, 11) is 0. The molecular formula is C14H17NOS. The van der Waals surface area contributed by atoms with Crippen molar-refractivity contribution in [2.75, 3.05) is 0 Å². The highest BCUT2D eigenvalue weighted by molar-refractivity contribution is 7.14. The molecule has 90 valence electrons. The summed E-state index contributed by atoms with van der Waals surface area (Å²) in [5.41, 5.74) is 4.07. The van der Waals surface area contributed by atoms with Crippen molar-refractivity contribution in [3.63, 3.8) is 0 Å². The number of H-pyrrole nitrogens is 1. The van der Waals surface area contributed by atoms with Crippen molar-refractivity contribution in [2.45, 2.75) is 34.1 Å². The number of carbonyl (C=O) groups excluding carboxylic acids is 1. The Morgan fingerprint density at radius 3 is 2.41 bits per heavy atom. The fourth-order valence-corrected chi connectivity index (χ4v) is 2.78. The second-order valence-corrected chi connectivity index (χ2v) is 5.49. The van der Waals surface area contributed by atoms with Gasteiger partial charge in [-0.2, -0.15) is 0 Å². The maximum absolute atomic E-state index is 12.3. The Bertz CT molecular complexity index is 563. The predicted molar refractivity (Wildman–Crippen MR) is 72.1 cm³/mol. The van der Waals surface area contributed by atoms with Crippen LogP contribution in [0.25, 0.3) is 0 Å². The van der Waals surface area contributed by atoms with Crippen LogP contribution in [0.1, 0.15) is 44.0 Å². The molecule has 0 bridgehead atoms. The molecule has 0 aliphatic heterocycles. The molecule has 0 atom stereocenters. The summed E-state index contributed by atoms with van der Waals surface area (Å²) in [5.74, 6) is 0.114. The molecule has 2 rings (SSSR count). The largest absolute Gasteiger partial charge is 0.355 e. The first-order valence-electron chi connectivity index (χ1n) is 5.83. The quantitative estimate of drug-likeness (QED) is 0.822. The van der Waals surface area contributed by atoms with Gasteiger partial charge < -0.3 is 4.98 Å². The number of hydrogen-bond donors (Lipinski definition) is 1. The third-order valence-electron chi connectivity index (χ3n) is 3.27. The standard InChI is InChI=1S/C14H17NOS/c1-5-11-6-7-12(17-11)14(16)13-9(3)8(2)10(4)15-13/h6-7,15H,5H2,1-4H3. The lowest BCUT2D eigenvalue weighted by Gasteiger charge is -1.97. The van der Waals surface area contributed by atoms with Crippen molar-refractivity contribution in [3.05, 3.63) is 44.4 Å². The van der Waals surface area contributed by atoms with Gasteiger partial charge in [0.15, 0.2) is 0 Å². The number of aromatic nitrogens is 1. The van der Waals surface area contributed by atoms with E-state index in [2.05, 4.69) is 11.9 Å². The van der Waals surface area contributed by atoms with Gasteiger partial charge in [-0.05, 0) is 50.5 Å². The summed E-state index contributed by atoms with van der Waals surface area (Å²) >= 11 is 1.59. The minimum absolute atomic E-state index is 0.114. The van der Waals surface area contributed by atoms with Gasteiger partial charge in [-0.15, -0.1) is 11.3 Å². The number of aromatic amines is 1. The molecule has 2 heterocycles. The molecule has 2 aromatic heterocycles. The summed E-state index contributed by atoms with van der Waals surface area (Å²) in [4.78, 5) is 17.6. The van der Waals surface area contributed by atoms with Gasteiger partial charge in [0.2, 0.25) is 5.78 Å². The number of aryl methyl sites for hydroxylation is 2. The van der Waals surface area contributed by atoms with E-state index in [0.717, 1.165) is 28.2 Å². The molecule has 0 aliphatic rings. The average Bonchev–Trinajstić information content (AvgIpc) is 2.89. The van der Waals surface area contributed by atoms with Crippen LogP contribution >= 0.6 is 11.3 Å². The Morgan fingerprint density at radius 2 is 1.94 bits per heavy atom. The van der Waals surface area contributed by atoms with Crippen LogP contribution < -0.4 is 0 Å². The number of hydrogen-bond acceptors (Lipinski definition) is 2. The molecule has 1 N–H and O–H groups in total. The summed E-state index contributed by atoms with van der Waals surface area (Å²) < 4.78 is 0. The molecule has 0 saturated carbocycles. The zero-order valence-corrected chi connectivity index (χ0v) is 11.5. The van der Waals surface area contributed by atoms with Crippen LogP contribution in [0, 0.1) is 20.8 Å². The normalized spacial score (nSPS) is 10.8. The smallest absolute Gasteiger partial charge is 0.219 e. The third-order valence-corrected chi connectivity index (χ3v) is 4.50. The lowest BCUT2D eigenvalue weighted by molar-refractivity contribution is 0.103. The molecule has 0 aromatic carbocycles. The van der Waals surface area contributed by atoms with E-state index in [1.807, 2.05) is 32.9 Å². The van der Waals surface area contributed by atoms with Crippen molar-refractivity contribution >= 4 is 17.1 Å². The molecule has 0 saturated heterocycles. The summed E-state index contributed by atoms with van der Waals surface area (Å²) in [6.07, 6.45) is 0.986. The highest BCUT2D eigenvalue weighted by Gasteiger charge is 2.18. The molecule has 2 aromatic rings. The summed E-state index contributed by atoms with van der Waals surface area (Å²) in [5, 5.41) is 0. The first-order chi connectivity index (χ1) is 8.04. The fourth-order valence-electron chi connectivity index (χ4n) is 1.88. The number of thiophene rings is 1. The van der Waals surface area contributed by atoms with E-state index in [1.54, 1.807) is 11.3 Å². The van der Waals surface area contributed by atoms with Crippen LogP contribution in [0.2, 0.25) is 0 Å². The van der Waals surface area contributed by atoms with Gasteiger partial charge in [-0.25, -0.2) is 0 Å². The Balaban J connectivity index is 2.40. The average molecular weight is 247 g/mol. The fraction of sp³-hybridized carbons (Fsp3) is 0.357. The van der Waals surface area contributed by atoms with Gasteiger partial charge in [0, 0.05) is 10.6 Å². The summed E-state index contributed by atoms with van der Waals surface area (Å²) in [6.45, 7) is 8.16. The molecule has 0 amide bonds. The van der Waals surface area contributed by atoms with Crippen LogP contribution in [0.5, 0.6) is 0 Å². The van der Waals surface area contributed by atoms with Crippen molar-refractivity contribution in [2.24, 2.45) is 0 Å². The minimum atomic E-state index is 0.114. The molecule has 0 radical (unpaired) electrons. The first kappa shape index (κ1) is 12.1. The number of nitrogens with one attached hydrogen (secondary N) is 1. The molecule has 0 aliphatic carbocycles. The highest BCUT2D eigenvalue weighted by Crippen LogP contribution is 2.24. The number of carbonyl (C=O) groups is 1. The van der Waals surface area contributed by atoms with Gasteiger partial charge in [-0.1, -0.05) is 6.92 Å². The van der Waals surface area contributed by atoms with Crippen molar-refractivity contribution < 1.29 is 4.79 Å². The van der Waals surface area contributed by atoms with E-state index in [4.69, 9.17) is 0 Å². The van der Waals surface area contributed by atoms with Crippen LogP contribution in [-0.2, 0) is 6.42 Å². The molecule has 0 unspecified atom stereocenters. The second-order valence-electron chi connectivity index (χ2n) is 4.32. The number of rotatable bonds is 3. The summed E-state index contributed by atoms with van der Waals surface area (Å²) in [6, 6.07) is 3.96. The van der Waals surface area contributed by atoms with Gasteiger partial charge in [0.1, 0.15) is 0 Å². The maximum atomic E-state index is 12.3. The lowest BCUT2D eigenvalue weighted by atomic mass is 10.1. The Hall–Kier alpha value is -1.35. The topological polar surface area (TPSA) is 32.9 Å². The van der Waals surface area contributed by atoms with E-state index in [0.29, 0.717) is 0 Å². The second kappa shape index (κ2) is 4.49. The van der Waals surface area contributed by atoms with Gasteiger partial charge in [0.05, 0.1) is 10.6 Å². The van der Waals surface area contributed by atoms with Crippen LogP contribution in [0.15, 0.2) is 12.1 Å². The zero-order valence-electron chi connectivity index (χ0n) is 10.7. The molecular weight excluding hydrogens is 230 g/mol. The third kappa shape index (κ3) is 2.07. The Labute approximate surface area is 106 Å². The van der Waals surface area contributed by atoms with Crippen LogP contribution in [-0.4, -0.2) is 10.8 Å². The van der Waals surface area contributed by atoms with E-state index in [9.17, 15) is 4.79 Å². The molecule has 2 nitrogen and oxygen atoms in total. The van der Waals surface area contributed by atoms with Crippen molar-refractivity contribution in [3.8, 4) is 0 Å². The number of ketones is 1.